The first-order valence-corrected chi connectivity index (χ1v) is 3.67. The number of hydrogen-bond donors (Lipinski definition) is 0. The maximum atomic E-state index is 5.24. The first-order valence-electron chi connectivity index (χ1n) is 2.88. The molecule has 0 amide bonds. The van der Waals surface area contributed by atoms with Crippen LogP contribution >= 0.6 is 15.9 Å². The SMILES string of the molecule is BrC1=C[C@H]2O[C@H]2CC1. The summed E-state index contributed by atoms with van der Waals surface area (Å²) in [6.07, 6.45) is 5.59. The average Bonchev–Trinajstić information content (AvgIpc) is 2.43. The van der Waals surface area contributed by atoms with Gasteiger partial charge in [0, 0.05) is 0 Å². The summed E-state index contributed by atoms with van der Waals surface area (Å²) >= 11 is 3.44. The van der Waals surface area contributed by atoms with Crippen molar-refractivity contribution in [3.8, 4) is 0 Å². The molecular formula is C6H7BrO. The largest absolute Gasteiger partial charge is 0.365 e. The molecule has 2 rings (SSSR count). The van der Waals surface area contributed by atoms with Crippen molar-refractivity contribution in [3.05, 3.63) is 10.6 Å². The second-order valence-corrected chi connectivity index (χ2v) is 3.31. The van der Waals surface area contributed by atoms with Crippen LogP contribution in [0.5, 0.6) is 0 Å². The zero-order valence-electron chi connectivity index (χ0n) is 4.43. The molecule has 1 heterocycles. The van der Waals surface area contributed by atoms with Gasteiger partial charge in [-0.2, -0.15) is 0 Å². The Kier molecular flexibility index (Phi) is 0.987. The van der Waals surface area contributed by atoms with Crippen LogP contribution in [0.25, 0.3) is 0 Å². The zero-order valence-corrected chi connectivity index (χ0v) is 6.02. The first-order chi connectivity index (χ1) is 3.86. The van der Waals surface area contributed by atoms with Crippen LogP contribution in [0.15, 0.2) is 10.6 Å². The molecule has 2 atom stereocenters. The van der Waals surface area contributed by atoms with E-state index in [2.05, 4.69) is 22.0 Å². The molecule has 0 radical (unpaired) electrons. The lowest BCUT2D eigenvalue weighted by molar-refractivity contribution is 0.385. The van der Waals surface area contributed by atoms with E-state index in [1.807, 2.05) is 0 Å². The van der Waals surface area contributed by atoms with Gasteiger partial charge in [0.2, 0.25) is 0 Å². The quantitative estimate of drug-likeness (QED) is 0.511. The molecule has 0 bridgehead atoms. The molecule has 0 aromatic rings. The lowest BCUT2D eigenvalue weighted by Gasteiger charge is -1.99. The fraction of sp³-hybridized carbons (Fsp3) is 0.667. The van der Waals surface area contributed by atoms with Crippen LogP contribution in [0.2, 0.25) is 0 Å². The summed E-state index contributed by atoms with van der Waals surface area (Å²) < 4.78 is 6.56. The molecule has 0 saturated carbocycles. The van der Waals surface area contributed by atoms with E-state index >= 15 is 0 Å². The normalized spacial score (nSPS) is 42.9. The van der Waals surface area contributed by atoms with E-state index in [1.54, 1.807) is 0 Å². The second-order valence-electron chi connectivity index (χ2n) is 2.29. The van der Waals surface area contributed by atoms with Crippen molar-refractivity contribution >= 4 is 15.9 Å². The van der Waals surface area contributed by atoms with Gasteiger partial charge < -0.3 is 4.74 Å². The van der Waals surface area contributed by atoms with E-state index in [9.17, 15) is 0 Å². The fourth-order valence-corrected chi connectivity index (χ4v) is 1.57. The Morgan fingerprint density at radius 3 is 3.25 bits per heavy atom. The Morgan fingerprint density at radius 1 is 1.75 bits per heavy atom. The minimum Gasteiger partial charge on any atom is -0.365 e. The summed E-state index contributed by atoms with van der Waals surface area (Å²) in [4.78, 5) is 0. The average molecular weight is 175 g/mol. The lowest BCUT2D eigenvalue weighted by atomic mass is 10.1. The molecule has 2 heteroatoms. The number of fused-ring (bicyclic) bond motifs is 1. The third-order valence-electron chi connectivity index (χ3n) is 1.63. The number of hydrogen-bond acceptors (Lipinski definition) is 1. The highest BCUT2D eigenvalue weighted by Gasteiger charge is 2.38. The van der Waals surface area contributed by atoms with Gasteiger partial charge in [0.25, 0.3) is 0 Å². The minimum atomic E-state index is 0.470. The van der Waals surface area contributed by atoms with E-state index in [4.69, 9.17) is 4.74 Å². The molecule has 0 N–H and O–H groups in total. The molecular weight excluding hydrogens is 168 g/mol. The predicted octanol–water partition coefficient (Wildman–Crippen LogP) is 1.83. The maximum absolute atomic E-state index is 5.24. The lowest BCUT2D eigenvalue weighted by Crippen LogP contribution is -1.96. The number of allylic oxidation sites excluding steroid dienone is 1. The molecule has 1 fully saturated rings. The van der Waals surface area contributed by atoms with Gasteiger partial charge >= 0.3 is 0 Å². The van der Waals surface area contributed by atoms with Crippen LogP contribution in [0.1, 0.15) is 12.8 Å². The summed E-state index contributed by atoms with van der Waals surface area (Å²) in [7, 11) is 0. The van der Waals surface area contributed by atoms with Crippen LogP contribution in [-0.2, 0) is 4.74 Å². The summed E-state index contributed by atoms with van der Waals surface area (Å²) in [6.45, 7) is 0. The molecule has 0 aromatic carbocycles. The van der Waals surface area contributed by atoms with Crippen molar-refractivity contribution in [1.82, 2.24) is 0 Å². The molecule has 2 aliphatic rings. The van der Waals surface area contributed by atoms with E-state index < -0.39 is 0 Å². The van der Waals surface area contributed by atoms with E-state index in [-0.39, 0.29) is 0 Å². The van der Waals surface area contributed by atoms with Gasteiger partial charge in [-0.05, 0) is 23.4 Å². The molecule has 1 saturated heterocycles. The van der Waals surface area contributed by atoms with E-state index in [0.29, 0.717) is 12.2 Å². The van der Waals surface area contributed by atoms with Gasteiger partial charge in [0.05, 0.1) is 6.10 Å². The van der Waals surface area contributed by atoms with Crippen LogP contribution < -0.4 is 0 Å². The highest BCUT2D eigenvalue weighted by atomic mass is 79.9. The summed E-state index contributed by atoms with van der Waals surface area (Å²) in [5.41, 5.74) is 0. The molecule has 0 spiro atoms. The molecule has 1 aliphatic carbocycles. The third kappa shape index (κ3) is 0.720. The number of halogens is 1. The highest BCUT2D eigenvalue weighted by Crippen LogP contribution is 2.36. The third-order valence-corrected chi connectivity index (χ3v) is 2.30. The monoisotopic (exact) mass is 174 g/mol. The number of epoxide rings is 1. The number of ether oxygens (including phenoxy) is 1. The Morgan fingerprint density at radius 2 is 2.62 bits per heavy atom. The van der Waals surface area contributed by atoms with Crippen LogP contribution in [-0.4, -0.2) is 12.2 Å². The Labute approximate surface area is 56.8 Å². The topological polar surface area (TPSA) is 12.5 Å². The Hall–Kier alpha value is 0.180. The Bertz CT molecular complexity index is 141. The van der Waals surface area contributed by atoms with Crippen molar-refractivity contribution < 1.29 is 4.74 Å². The predicted molar refractivity (Wildman–Crippen MR) is 34.9 cm³/mol. The van der Waals surface area contributed by atoms with Crippen LogP contribution in [0.4, 0.5) is 0 Å². The molecule has 0 aromatic heterocycles. The highest BCUT2D eigenvalue weighted by molar-refractivity contribution is 9.11. The second kappa shape index (κ2) is 1.58. The van der Waals surface area contributed by atoms with Crippen molar-refractivity contribution in [3.63, 3.8) is 0 Å². The molecule has 1 aliphatic heterocycles. The van der Waals surface area contributed by atoms with Crippen LogP contribution in [0, 0.1) is 0 Å². The van der Waals surface area contributed by atoms with Gasteiger partial charge in [0.1, 0.15) is 6.10 Å². The van der Waals surface area contributed by atoms with Gasteiger partial charge in [-0.3, -0.25) is 0 Å². The molecule has 44 valence electrons. The van der Waals surface area contributed by atoms with Crippen molar-refractivity contribution in [2.45, 2.75) is 25.0 Å². The summed E-state index contributed by atoms with van der Waals surface area (Å²) in [5.74, 6) is 0. The standard InChI is InChI=1S/C6H7BrO/c7-4-1-2-5-6(3-4)8-5/h3,5-6H,1-2H2/t5-,6+/m0/s1. The Balaban J connectivity index is 2.15. The minimum absolute atomic E-state index is 0.470. The van der Waals surface area contributed by atoms with Gasteiger partial charge in [0.15, 0.2) is 0 Å². The van der Waals surface area contributed by atoms with Crippen molar-refractivity contribution in [2.75, 3.05) is 0 Å². The molecule has 8 heavy (non-hydrogen) atoms. The molecule has 0 unspecified atom stereocenters. The van der Waals surface area contributed by atoms with Gasteiger partial charge in [-0.15, -0.1) is 0 Å². The van der Waals surface area contributed by atoms with E-state index in [1.165, 1.54) is 17.3 Å². The van der Waals surface area contributed by atoms with Gasteiger partial charge in [-0.25, -0.2) is 0 Å². The van der Waals surface area contributed by atoms with Crippen molar-refractivity contribution in [1.29, 1.82) is 0 Å². The van der Waals surface area contributed by atoms with Gasteiger partial charge in [-0.1, -0.05) is 15.9 Å². The summed E-state index contributed by atoms with van der Waals surface area (Å²) in [5, 5.41) is 0. The smallest absolute Gasteiger partial charge is 0.103 e. The summed E-state index contributed by atoms with van der Waals surface area (Å²) in [6, 6.07) is 0. The maximum Gasteiger partial charge on any atom is 0.103 e. The number of rotatable bonds is 0. The first kappa shape index (κ1) is 5.00. The zero-order chi connectivity index (χ0) is 5.56. The van der Waals surface area contributed by atoms with E-state index in [0.717, 1.165) is 0 Å². The van der Waals surface area contributed by atoms with Crippen LogP contribution in [0.3, 0.4) is 0 Å². The fourth-order valence-electron chi connectivity index (χ4n) is 1.08. The molecule has 1 nitrogen and oxygen atoms in total. The van der Waals surface area contributed by atoms with Crippen molar-refractivity contribution in [2.24, 2.45) is 0 Å².